The maximum atomic E-state index is 11.9. The van der Waals surface area contributed by atoms with Gasteiger partial charge in [-0.1, -0.05) is 41.6 Å². The number of hydrogen-bond donors (Lipinski definition) is 1. The molecule has 0 aliphatic carbocycles. The minimum atomic E-state index is -0.547. The monoisotopic (exact) mass is 304 g/mol. The maximum absolute atomic E-state index is 11.9. The van der Waals surface area contributed by atoms with E-state index in [1.54, 1.807) is 23.7 Å². The molecule has 1 unspecified atom stereocenters. The van der Waals surface area contributed by atoms with E-state index in [9.17, 15) is 4.79 Å². The molecule has 1 atom stereocenters. The Bertz CT molecular complexity index is 689. The molecule has 0 spiro atoms. The zero-order valence-corrected chi connectivity index (χ0v) is 12.4. The number of benzene rings is 2. The van der Waals surface area contributed by atoms with E-state index in [1.807, 2.05) is 42.5 Å². The van der Waals surface area contributed by atoms with Gasteiger partial charge in [-0.25, -0.2) is 0 Å². The maximum Gasteiger partial charge on any atom is 0.248 e. The fraction of sp³-hybridized carbons (Fsp3) is 0.133. The van der Waals surface area contributed by atoms with Crippen LogP contribution in [0, 0.1) is 0 Å². The van der Waals surface area contributed by atoms with Crippen molar-refractivity contribution in [1.29, 1.82) is 0 Å². The van der Waals surface area contributed by atoms with Gasteiger partial charge < -0.3 is 10.6 Å². The number of halogens is 1. The molecule has 1 heterocycles. The van der Waals surface area contributed by atoms with Gasteiger partial charge >= 0.3 is 0 Å². The standard InChI is InChI=1S/C15H13ClN2OS/c1-18-12-8-9(6-7-10(12)14(17)15(18)19)20-13-5-3-2-4-11(13)16/h2-8,14H,17H2,1H3. The lowest BCUT2D eigenvalue weighted by atomic mass is 10.1. The quantitative estimate of drug-likeness (QED) is 0.924. The molecule has 1 aliphatic heterocycles. The van der Waals surface area contributed by atoms with Gasteiger partial charge in [-0.2, -0.15) is 0 Å². The molecule has 0 saturated heterocycles. The largest absolute Gasteiger partial charge is 0.316 e. The lowest BCUT2D eigenvalue weighted by molar-refractivity contribution is -0.118. The number of carbonyl (C=O) groups excluding carboxylic acids is 1. The first-order valence-corrected chi connectivity index (χ1v) is 7.37. The predicted molar refractivity (Wildman–Crippen MR) is 82.4 cm³/mol. The number of carbonyl (C=O) groups is 1. The first kappa shape index (κ1) is 13.5. The molecule has 1 aliphatic rings. The molecular weight excluding hydrogens is 292 g/mol. The highest BCUT2D eigenvalue weighted by molar-refractivity contribution is 7.99. The van der Waals surface area contributed by atoms with E-state index in [2.05, 4.69) is 0 Å². The molecular formula is C15H13ClN2OS. The van der Waals surface area contributed by atoms with E-state index in [4.69, 9.17) is 17.3 Å². The number of hydrogen-bond acceptors (Lipinski definition) is 3. The highest BCUT2D eigenvalue weighted by atomic mass is 35.5. The average molecular weight is 305 g/mol. The van der Waals surface area contributed by atoms with E-state index in [0.717, 1.165) is 26.1 Å². The predicted octanol–water partition coefficient (Wildman–Crippen LogP) is 3.47. The zero-order valence-electron chi connectivity index (χ0n) is 10.8. The highest BCUT2D eigenvalue weighted by Gasteiger charge is 2.32. The van der Waals surface area contributed by atoms with Crippen molar-refractivity contribution in [3.8, 4) is 0 Å². The Balaban J connectivity index is 1.95. The van der Waals surface area contributed by atoms with E-state index in [1.165, 1.54) is 0 Å². The Kier molecular flexibility index (Phi) is 3.46. The third-order valence-electron chi connectivity index (χ3n) is 3.36. The zero-order chi connectivity index (χ0) is 14.3. The van der Waals surface area contributed by atoms with Crippen LogP contribution in [-0.4, -0.2) is 13.0 Å². The van der Waals surface area contributed by atoms with Crippen molar-refractivity contribution < 1.29 is 4.79 Å². The number of fused-ring (bicyclic) bond motifs is 1. The Morgan fingerprint density at radius 2 is 2.00 bits per heavy atom. The molecule has 2 aromatic rings. The first-order chi connectivity index (χ1) is 9.58. The highest BCUT2D eigenvalue weighted by Crippen LogP contribution is 2.39. The summed E-state index contributed by atoms with van der Waals surface area (Å²) in [6.45, 7) is 0. The van der Waals surface area contributed by atoms with E-state index >= 15 is 0 Å². The molecule has 0 aromatic heterocycles. The van der Waals surface area contributed by atoms with Crippen molar-refractivity contribution in [3.63, 3.8) is 0 Å². The second kappa shape index (κ2) is 5.13. The molecule has 2 N–H and O–H groups in total. The molecule has 0 fully saturated rings. The summed E-state index contributed by atoms with van der Waals surface area (Å²) in [5.74, 6) is -0.0695. The van der Waals surface area contributed by atoms with Gasteiger partial charge in [0, 0.05) is 28.1 Å². The van der Waals surface area contributed by atoms with Gasteiger partial charge in [0.1, 0.15) is 6.04 Å². The summed E-state index contributed by atoms with van der Waals surface area (Å²) in [7, 11) is 1.75. The first-order valence-electron chi connectivity index (χ1n) is 6.17. The summed E-state index contributed by atoms with van der Waals surface area (Å²) < 4.78 is 0. The van der Waals surface area contributed by atoms with Gasteiger partial charge in [0.05, 0.1) is 5.02 Å². The minimum Gasteiger partial charge on any atom is -0.316 e. The van der Waals surface area contributed by atoms with Crippen molar-refractivity contribution in [3.05, 3.63) is 53.1 Å². The fourth-order valence-corrected chi connectivity index (χ4v) is 3.38. The summed E-state index contributed by atoms with van der Waals surface area (Å²) in [5.41, 5.74) is 7.64. The van der Waals surface area contributed by atoms with Crippen molar-refractivity contribution in [2.24, 2.45) is 5.73 Å². The van der Waals surface area contributed by atoms with Crippen LogP contribution in [-0.2, 0) is 4.79 Å². The van der Waals surface area contributed by atoms with Gasteiger partial charge in [-0.15, -0.1) is 0 Å². The van der Waals surface area contributed by atoms with Crippen LogP contribution in [0.15, 0.2) is 52.3 Å². The van der Waals surface area contributed by atoms with Gasteiger partial charge in [0.2, 0.25) is 5.91 Å². The van der Waals surface area contributed by atoms with Gasteiger partial charge in [-0.05, 0) is 24.3 Å². The number of nitrogens with zero attached hydrogens (tertiary/aromatic N) is 1. The molecule has 5 heteroatoms. The Morgan fingerprint density at radius 1 is 1.25 bits per heavy atom. The number of rotatable bonds is 2. The normalized spacial score (nSPS) is 17.4. The summed E-state index contributed by atoms with van der Waals surface area (Å²) in [4.78, 5) is 15.5. The van der Waals surface area contributed by atoms with Crippen LogP contribution < -0.4 is 10.6 Å². The lowest BCUT2D eigenvalue weighted by Gasteiger charge is -2.11. The molecule has 0 bridgehead atoms. The van der Waals surface area contributed by atoms with E-state index < -0.39 is 6.04 Å². The van der Waals surface area contributed by atoms with Gasteiger partial charge in [0.25, 0.3) is 0 Å². The summed E-state index contributed by atoms with van der Waals surface area (Å²) in [6, 6.07) is 13.0. The van der Waals surface area contributed by atoms with Gasteiger partial charge in [-0.3, -0.25) is 4.79 Å². The Morgan fingerprint density at radius 3 is 2.75 bits per heavy atom. The number of amides is 1. The molecule has 102 valence electrons. The van der Waals surface area contributed by atoms with Crippen LogP contribution in [0.2, 0.25) is 5.02 Å². The molecule has 3 rings (SSSR count). The number of nitrogens with two attached hydrogens (primary N) is 1. The van der Waals surface area contributed by atoms with Crippen LogP contribution in [0.5, 0.6) is 0 Å². The van der Waals surface area contributed by atoms with Crippen molar-refractivity contribution in [2.75, 3.05) is 11.9 Å². The molecule has 2 aromatic carbocycles. The van der Waals surface area contributed by atoms with Crippen LogP contribution in [0.4, 0.5) is 5.69 Å². The molecule has 1 amide bonds. The molecule has 3 nitrogen and oxygen atoms in total. The topological polar surface area (TPSA) is 46.3 Å². The fourth-order valence-electron chi connectivity index (χ4n) is 2.26. The second-order valence-corrected chi connectivity index (χ2v) is 6.15. The molecule has 0 saturated carbocycles. The average Bonchev–Trinajstić information content (AvgIpc) is 2.66. The van der Waals surface area contributed by atoms with Crippen LogP contribution in [0.25, 0.3) is 0 Å². The van der Waals surface area contributed by atoms with E-state index in [-0.39, 0.29) is 5.91 Å². The van der Waals surface area contributed by atoms with Crippen molar-refractivity contribution >= 4 is 35.0 Å². The van der Waals surface area contributed by atoms with Crippen molar-refractivity contribution in [2.45, 2.75) is 15.8 Å². The van der Waals surface area contributed by atoms with Gasteiger partial charge in [0.15, 0.2) is 0 Å². The van der Waals surface area contributed by atoms with Crippen molar-refractivity contribution in [1.82, 2.24) is 0 Å². The molecule has 0 radical (unpaired) electrons. The van der Waals surface area contributed by atoms with Crippen LogP contribution in [0.1, 0.15) is 11.6 Å². The molecule has 20 heavy (non-hydrogen) atoms. The number of anilines is 1. The summed E-state index contributed by atoms with van der Waals surface area (Å²) >= 11 is 7.74. The lowest BCUT2D eigenvalue weighted by Crippen LogP contribution is -2.27. The smallest absolute Gasteiger partial charge is 0.248 e. The minimum absolute atomic E-state index is 0.0695. The third-order valence-corrected chi connectivity index (χ3v) is 4.87. The number of likely N-dealkylation sites (N-methyl/N-ethyl adjacent to an activating group) is 1. The third kappa shape index (κ3) is 2.20. The van der Waals surface area contributed by atoms with Crippen LogP contribution in [0.3, 0.4) is 0 Å². The SMILES string of the molecule is CN1C(=O)C(N)c2ccc(Sc3ccccc3Cl)cc21. The summed E-state index contributed by atoms with van der Waals surface area (Å²) in [6.07, 6.45) is 0. The van der Waals surface area contributed by atoms with E-state index in [0.29, 0.717) is 0 Å². The Labute approximate surface area is 126 Å². The second-order valence-electron chi connectivity index (χ2n) is 4.63. The van der Waals surface area contributed by atoms with Crippen LogP contribution >= 0.6 is 23.4 Å². The summed E-state index contributed by atoms with van der Waals surface area (Å²) in [5, 5.41) is 0.721. The Hall–Kier alpha value is -1.49.